The number of hydrogen-bond acceptors (Lipinski definition) is 4. The van der Waals surface area contributed by atoms with Gasteiger partial charge >= 0.3 is 5.97 Å². The van der Waals surface area contributed by atoms with Gasteiger partial charge in [0.15, 0.2) is 0 Å². The lowest BCUT2D eigenvalue weighted by atomic mass is 10.0. The summed E-state index contributed by atoms with van der Waals surface area (Å²) in [7, 11) is 0. The van der Waals surface area contributed by atoms with Crippen molar-refractivity contribution >= 4 is 29.4 Å². The number of nitrogens with one attached hydrogen (secondary N) is 1. The number of ether oxygens (including phenoxy) is 1. The van der Waals surface area contributed by atoms with Crippen LogP contribution in [-0.4, -0.2) is 59.6 Å². The number of carbonyl (C=O) groups is 3. The SMILES string of the molecule is O=C(O)COC1CCN(C(=O)C(Cc2ccccc2)NC(=O)c2ccc(Cl)cc2)CC1. The summed E-state index contributed by atoms with van der Waals surface area (Å²) in [6.45, 7) is 0.558. The summed E-state index contributed by atoms with van der Waals surface area (Å²) in [5.74, 6) is -1.51. The number of nitrogens with zero attached hydrogens (tertiary/aromatic N) is 1. The highest BCUT2D eigenvalue weighted by molar-refractivity contribution is 6.30. The first-order valence-corrected chi connectivity index (χ1v) is 10.5. The summed E-state index contributed by atoms with van der Waals surface area (Å²) in [5.41, 5.74) is 1.37. The molecule has 1 aliphatic rings. The fourth-order valence-corrected chi connectivity index (χ4v) is 3.67. The van der Waals surface area contributed by atoms with E-state index in [4.69, 9.17) is 21.4 Å². The van der Waals surface area contributed by atoms with E-state index in [1.165, 1.54) is 0 Å². The van der Waals surface area contributed by atoms with Crippen LogP contribution in [0.2, 0.25) is 5.02 Å². The summed E-state index contributed by atoms with van der Waals surface area (Å²) >= 11 is 5.90. The maximum absolute atomic E-state index is 13.3. The normalized spacial score (nSPS) is 15.3. The lowest BCUT2D eigenvalue weighted by molar-refractivity contribution is -0.147. The van der Waals surface area contributed by atoms with Gasteiger partial charge < -0.3 is 20.1 Å². The Morgan fingerprint density at radius 1 is 1.06 bits per heavy atom. The minimum absolute atomic E-state index is 0.164. The minimum Gasteiger partial charge on any atom is -0.480 e. The molecular weight excluding hydrogens is 420 g/mol. The van der Waals surface area contributed by atoms with Crippen molar-refractivity contribution in [3.05, 3.63) is 70.7 Å². The average Bonchev–Trinajstić information content (AvgIpc) is 2.78. The van der Waals surface area contributed by atoms with E-state index in [0.717, 1.165) is 5.56 Å². The second-order valence-electron chi connectivity index (χ2n) is 7.45. The quantitative estimate of drug-likeness (QED) is 0.652. The van der Waals surface area contributed by atoms with Gasteiger partial charge in [0.25, 0.3) is 5.91 Å². The molecule has 0 radical (unpaired) electrons. The van der Waals surface area contributed by atoms with Gasteiger partial charge in [-0.15, -0.1) is 0 Å². The zero-order valence-corrected chi connectivity index (χ0v) is 17.8. The molecule has 164 valence electrons. The Bertz CT molecular complexity index is 896. The number of likely N-dealkylation sites (tertiary alicyclic amines) is 1. The molecule has 1 heterocycles. The highest BCUT2D eigenvalue weighted by Crippen LogP contribution is 2.17. The van der Waals surface area contributed by atoms with Crippen LogP contribution < -0.4 is 5.32 Å². The minimum atomic E-state index is -1.01. The molecule has 2 aromatic rings. The van der Waals surface area contributed by atoms with Crippen LogP contribution in [0.1, 0.15) is 28.8 Å². The molecule has 31 heavy (non-hydrogen) atoms. The van der Waals surface area contributed by atoms with Gasteiger partial charge in [0.2, 0.25) is 5.91 Å². The van der Waals surface area contributed by atoms with E-state index in [1.807, 2.05) is 30.3 Å². The van der Waals surface area contributed by atoms with E-state index in [-0.39, 0.29) is 24.5 Å². The predicted molar refractivity (Wildman–Crippen MR) is 116 cm³/mol. The van der Waals surface area contributed by atoms with Crippen molar-refractivity contribution in [3.63, 3.8) is 0 Å². The lowest BCUT2D eigenvalue weighted by Crippen LogP contribution is -2.52. The number of carboxylic acids is 1. The third kappa shape index (κ3) is 6.80. The van der Waals surface area contributed by atoms with Gasteiger partial charge in [-0.1, -0.05) is 41.9 Å². The fourth-order valence-electron chi connectivity index (χ4n) is 3.55. The molecule has 8 heteroatoms. The Labute approximate surface area is 186 Å². The monoisotopic (exact) mass is 444 g/mol. The number of halogens is 1. The maximum Gasteiger partial charge on any atom is 0.329 e. The maximum atomic E-state index is 13.3. The van der Waals surface area contributed by atoms with Crippen molar-refractivity contribution in [3.8, 4) is 0 Å². The Balaban J connectivity index is 1.67. The van der Waals surface area contributed by atoms with Crippen LogP contribution in [0.25, 0.3) is 0 Å². The standard InChI is InChI=1S/C23H25ClN2O5/c24-18-8-6-17(7-9-18)22(29)25-20(14-16-4-2-1-3-5-16)23(30)26-12-10-19(11-13-26)31-15-21(27)28/h1-9,19-20H,10-15H2,(H,25,29)(H,27,28). The van der Waals surface area contributed by atoms with Gasteiger partial charge in [0.1, 0.15) is 12.6 Å². The molecule has 1 unspecified atom stereocenters. The molecule has 1 aliphatic heterocycles. The van der Waals surface area contributed by atoms with Gasteiger partial charge in [-0.3, -0.25) is 9.59 Å². The number of piperidine rings is 1. The second kappa shape index (κ2) is 10.9. The summed E-state index contributed by atoms with van der Waals surface area (Å²) in [6.07, 6.45) is 1.30. The number of rotatable bonds is 8. The third-order valence-electron chi connectivity index (χ3n) is 5.19. The smallest absolute Gasteiger partial charge is 0.329 e. The lowest BCUT2D eigenvalue weighted by Gasteiger charge is -2.34. The van der Waals surface area contributed by atoms with Gasteiger partial charge in [-0.2, -0.15) is 0 Å². The van der Waals surface area contributed by atoms with E-state index in [9.17, 15) is 14.4 Å². The first-order chi connectivity index (χ1) is 14.9. The highest BCUT2D eigenvalue weighted by Gasteiger charge is 2.30. The molecule has 7 nitrogen and oxygen atoms in total. The summed E-state index contributed by atoms with van der Waals surface area (Å²) in [4.78, 5) is 38.4. The molecule has 0 bridgehead atoms. The first kappa shape index (κ1) is 22.8. The number of carboxylic acid groups (broad SMARTS) is 1. The summed E-state index contributed by atoms with van der Waals surface area (Å²) in [5, 5.41) is 12.1. The van der Waals surface area contributed by atoms with Gasteiger partial charge in [0, 0.05) is 30.1 Å². The molecule has 2 amide bonds. The molecule has 0 aromatic heterocycles. The van der Waals surface area contributed by atoms with Crippen LogP contribution in [0.4, 0.5) is 0 Å². The molecular formula is C23H25ClN2O5. The van der Waals surface area contributed by atoms with Gasteiger partial charge in [-0.05, 0) is 42.7 Å². The number of hydrogen-bond donors (Lipinski definition) is 2. The molecule has 0 saturated carbocycles. The van der Waals surface area contributed by atoms with Crippen molar-refractivity contribution < 1.29 is 24.2 Å². The fraction of sp³-hybridized carbons (Fsp3) is 0.348. The first-order valence-electron chi connectivity index (χ1n) is 10.1. The van der Waals surface area contributed by atoms with Crippen LogP contribution in [0.15, 0.2) is 54.6 Å². The van der Waals surface area contributed by atoms with Gasteiger partial charge in [-0.25, -0.2) is 4.79 Å². The van der Waals surface area contributed by atoms with E-state index >= 15 is 0 Å². The molecule has 2 N–H and O–H groups in total. The summed E-state index contributed by atoms with van der Waals surface area (Å²) in [6, 6.07) is 15.3. The predicted octanol–water partition coefficient (Wildman–Crippen LogP) is 2.77. The van der Waals surface area contributed by atoms with Crippen molar-refractivity contribution in [2.24, 2.45) is 0 Å². The van der Waals surface area contributed by atoms with E-state index < -0.39 is 12.0 Å². The molecule has 0 spiro atoms. The van der Waals surface area contributed by atoms with Crippen molar-refractivity contribution in [2.75, 3.05) is 19.7 Å². The van der Waals surface area contributed by atoms with Crippen LogP contribution in [0.5, 0.6) is 0 Å². The van der Waals surface area contributed by atoms with E-state index in [2.05, 4.69) is 5.32 Å². The number of amides is 2. The van der Waals surface area contributed by atoms with Gasteiger partial charge in [0.05, 0.1) is 6.10 Å². The Morgan fingerprint density at radius 3 is 2.32 bits per heavy atom. The number of carbonyl (C=O) groups excluding carboxylic acids is 2. The zero-order chi connectivity index (χ0) is 22.2. The van der Waals surface area contributed by atoms with Crippen LogP contribution >= 0.6 is 11.6 Å². The average molecular weight is 445 g/mol. The third-order valence-corrected chi connectivity index (χ3v) is 5.44. The van der Waals surface area contributed by atoms with Crippen molar-refractivity contribution in [1.82, 2.24) is 10.2 Å². The molecule has 0 aliphatic carbocycles. The Hall–Kier alpha value is -2.90. The Morgan fingerprint density at radius 2 is 1.71 bits per heavy atom. The van der Waals surface area contributed by atoms with Crippen molar-refractivity contribution in [1.29, 1.82) is 0 Å². The van der Waals surface area contributed by atoms with Crippen molar-refractivity contribution in [2.45, 2.75) is 31.4 Å². The molecule has 1 fully saturated rings. The molecule has 1 atom stereocenters. The Kier molecular flexibility index (Phi) is 8.03. The molecule has 2 aromatic carbocycles. The van der Waals surface area contributed by atoms with E-state index in [0.29, 0.717) is 42.9 Å². The molecule has 1 saturated heterocycles. The van der Waals surface area contributed by atoms with Crippen LogP contribution in [0.3, 0.4) is 0 Å². The van der Waals surface area contributed by atoms with Crippen LogP contribution in [0, 0.1) is 0 Å². The zero-order valence-electron chi connectivity index (χ0n) is 17.0. The number of benzene rings is 2. The summed E-state index contributed by atoms with van der Waals surface area (Å²) < 4.78 is 5.34. The second-order valence-corrected chi connectivity index (χ2v) is 7.89. The number of aliphatic carboxylic acids is 1. The topological polar surface area (TPSA) is 95.9 Å². The highest BCUT2D eigenvalue weighted by atomic mass is 35.5. The van der Waals surface area contributed by atoms with Crippen LogP contribution in [-0.2, 0) is 20.7 Å². The largest absolute Gasteiger partial charge is 0.480 e. The van der Waals surface area contributed by atoms with E-state index in [1.54, 1.807) is 29.2 Å². The molecule has 3 rings (SSSR count).